The van der Waals surface area contributed by atoms with Gasteiger partial charge in [-0.2, -0.15) is 0 Å². The summed E-state index contributed by atoms with van der Waals surface area (Å²) in [7, 11) is 1.09. The molecule has 2 nitrogen and oxygen atoms in total. The Kier molecular flexibility index (Phi) is 1.29. The second-order valence-corrected chi connectivity index (χ2v) is 3.03. The Hall–Kier alpha value is -0.725. The first-order valence-corrected chi connectivity index (χ1v) is 3.86. The Bertz CT molecular complexity index is 198. The average molecular weight is 134 g/mol. The van der Waals surface area contributed by atoms with Crippen molar-refractivity contribution in [1.82, 2.24) is 5.32 Å². The van der Waals surface area contributed by atoms with Crippen LogP contribution in [0.15, 0.2) is 17.2 Å². The van der Waals surface area contributed by atoms with Crippen molar-refractivity contribution in [3.63, 3.8) is 0 Å². The first-order chi connectivity index (χ1) is 4.86. The summed E-state index contributed by atoms with van der Waals surface area (Å²) in [5.74, 6) is 1.87. The largest absolute Gasteiger partial charge is 0.374 e. The molecule has 2 heterocycles. The first-order valence-electron chi connectivity index (χ1n) is 3.86. The summed E-state index contributed by atoms with van der Waals surface area (Å²) in [5.41, 5.74) is 1.05. The zero-order chi connectivity index (χ0) is 6.97. The van der Waals surface area contributed by atoms with Gasteiger partial charge < -0.3 is 5.32 Å². The molecule has 1 N–H and O–H groups in total. The maximum absolute atomic E-state index is 4.32. The molecule has 3 heteroatoms. The molecule has 0 aromatic heterocycles. The topological polar surface area (TPSA) is 24.4 Å². The third-order valence-corrected chi connectivity index (χ3v) is 2.18. The number of nitrogens with one attached hydrogen (secondary N) is 1. The molecule has 0 aliphatic carbocycles. The smallest absolute Gasteiger partial charge is 0.192 e. The van der Waals surface area contributed by atoms with Crippen molar-refractivity contribution in [3.8, 4) is 0 Å². The molecule has 0 bridgehead atoms. The molecule has 1 saturated heterocycles. The van der Waals surface area contributed by atoms with Crippen LogP contribution in [0.5, 0.6) is 0 Å². The maximum Gasteiger partial charge on any atom is 0.192 e. The van der Waals surface area contributed by atoms with Crippen molar-refractivity contribution in [2.24, 2.45) is 4.99 Å². The Morgan fingerprint density at radius 3 is 3.40 bits per heavy atom. The van der Waals surface area contributed by atoms with Gasteiger partial charge in [0, 0.05) is 6.54 Å². The third kappa shape index (κ3) is 0.858. The van der Waals surface area contributed by atoms with Crippen molar-refractivity contribution in [2.75, 3.05) is 6.54 Å². The van der Waals surface area contributed by atoms with Gasteiger partial charge >= 0.3 is 0 Å². The maximum atomic E-state index is 4.32. The minimum Gasteiger partial charge on any atom is -0.374 e. The molecule has 0 spiro atoms. The van der Waals surface area contributed by atoms with Crippen LogP contribution in [0.1, 0.15) is 12.8 Å². The van der Waals surface area contributed by atoms with Crippen LogP contribution in [0.2, 0.25) is 5.82 Å². The van der Waals surface area contributed by atoms with E-state index in [-0.39, 0.29) is 0 Å². The molecule has 0 aromatic rings. The number of hydrogen-bond donors (Lipinski definition) is 1. The summed E-state index contributed by atoms with van der Waals surface area (Å²) in [6.07, 6.45) is 2.59. The molecule has 2 rings (SSSR count). The van der Waals surface area contributed by atoms with Crippen LogP contribution in [0.3, 0.4) is 0 Å². The summed E-state index contributed by atoms with van der Waals surface area (Å²) >= 11 is 0. The minimum absolute atomic E-state index is 0.682. The van der Waals surface area contributed by atoms with E-state index in [1.165, 1.54) is 18.7 Å². The van der Waals surface area contributed by atoms with E-state index in [2.05, 4.69) is 16.9 Å². The van der Waals surface area contributed by atoms with Gasteiger partial charge in [0.25, 0.3) is 0 Å². The second kappa shape index (κ2) is 2.15. The lowest BCUT2D eigenvalue weighted by Crippen LogP contribution is -2.32. The monoisotopic (exact) mass is 134 g/mol. The van der Waals surface area contributed by atoms with Gasteiger partial charge in [0.2, 0.25) is 0 Å². The molecular formula is C7H11BN2. The zero-order valence-corrected chi connectivity index (χ0v) is 6.06. The SMILES string of the molecule is C=C1BC2CCCNC2=N1. The van der Waals surface area contributed by atoms with Gasteiger partial charge in [-0.1, -0.05) is 6.58 Å². The van der Waals surface area contributed by atoms with Gasteiger partial charge in [0.15, 0.2) is 7.28 Å². The number of nitrogens with zero attached hydrogens (tertiary/aromatic N) is 1. The van der Waals surface area contributed by atoms with Gasteiger partial charge in [-0.25, -0.2) is 0 Å². The van der Waals surface area contributed by atoms with Gasteiger partial charge in [0.1, 0.15) is 0 Å². The van der Waals surface area contributed by atoms with E-state index in [1.54, 1.807) is 0 Å². The van der Waals surface area contributed by atoms with Crippen molar-refractivity contribution < 1.29 is 0 Å². The fourth-order valence-corrected chi connectivity index (χ4v) is 1.68. The van der Waals surface area contributed by atoms with Crippen LogP contribution >= 0.6 is 0 Å². The third-order valence-electron chi connectivity index (χ3n) is 2.18. The predicted octanol–water partition coefficient (Wildman–Crippen LogP) is 0.478. The molecule has 0 amide bonds. The number of piperidine rings is 1. The van der Waals surface area contributed by atoms with Gasteiger partial charge in [-0.05, 0) is 24.3 Å². The highest BCUT2D eigenvalue weighted by molar-refractivity contribution is 6.55. The molecular weight excluding hydrogens is 123 g/mol. The lowest BCUT2D eigenvalue weighted by Gasteiger charge is -2.19. The van der Waals surface area contributed by atoms with Crippen LogP contribution in [0, 0.1) is 0 Å². The highest BCUT2D eigenvalue weighted by Crippen LogP contribution is 2.25. The first kappa shape index (κ1) is 6.02. The van der Waals surface area contributed by atoms with Crippen LogP contribution in [-0.4, -0.2) is 19.7 Å². The fraction of sp³-hybridized carbons (Fsp3) is 0.571. The lowest BCUT2D eigenvalue weighted by atomic mass is 9.61. The molecule has 0 radical (unpaired) electrons. The minimum atomic E-state index is 0.682. The van der Waals surface area contributed by atoms with Crippen LogP contribution in [0.25, 0.3) is 0 Å². The van der Waals surface area contributed by atoms with Crippen LogP contribution in [0.4, 0.5) is 0 Å². The number of amidine groups is 1. The lowest BCUT2D eigenvalue weighted by molar-refractivity contribution is 0.671. The zero-order valence-electron chi connectivity index (χ0n) is 6.06. The van der Waals surface area contributed by atoms with Gasteiger partial charge in [-0.15, -0.1) is 0 Å². The van der Waals surface area contributed by atoms with E-state index in [0.29, 0.717) is 5.82 Å². The number of fused-ring (bicyclic) bond motifs is 1. The van der Waals surface area contributed by atoms with Crippen LogP contribution < -0.4 is 5.32 Å². The number of hydrogen-bond acceptors (Lipinski definition) is 2. The second-order valence-electron chi connectivity index (χ2n) is 3.03. The summed E-state index contributed by atoms with van der Waals surface area (Å²) in [6.45, 7) is 4.95. The molecule has 0 aromatic carbocycles. The van der Waals surface area contributed by atoms with Crippen LogP contribution in [-0.2, 0) is 0 Å². The van der Waals surface area contributed by atoms with E-state index in [1.807, 2.05) is 0 Å². The van der Waals surface area contributed by atoms with E-state index >= 15 is 0 Å². The fourth-order valence-electron chi connectivity index (χ4n) is 1.68. The van der Waals surface area contributed by atoms with Gasteiger partial charge in [0.05, 0.1) is 5.84 Å². The Morgan fingerprint density at radius 2 is 2.60 bits per heavy atom. The van der Waals surface area contributed by atoms with E-state index < -0.39 is 0 Å². The molecule has 10 heavy (non-hydrogen) atoms. The van der Waals surface area contributed by atoms with E-state index in [0.717, 1.165) is 19.4 Å². The van der Waals surface area contributed by atoms with Crippen molar-refractivity contribution in [3.05, 3.63) is 12.2 Å². The normalized spacial score (nSPS) is 30.2. The molecule has 52 valence electrons. The highest BCUT2D eigenvalue weighted by Gasteiger charge is 2.26. The average Bonchev–Trinajstić information content (AvgIpc) is 2.27. The van der Waals surface area contributed by atoms with E-state index in [9.17, 15) is 0 Å². The highest BCUT2D eigenvalue weighted by atomic mass is 15.0. The van der Waals surface area contributed by atoms with Crippen molar-refractivity contribution in [2.45, 2.75) is 18.7 Å². The number of aliphatic imine (C=N–C) groups is 1. The molecule has 2 aliphatic heterocycles. The Morgan fingerprint density at radius 1 is 1.70 bits per heavy atom. The molecule has 0 saturated carbocycles. The van der Waals surface area contributed by atoms with E-state index in [4.69, 9.17) is 0 Å². The summed E-state index contributed by atoms with van der Waals surface area (Å²) < 4.78 is 0. The Balaban J connectivity index is 2.17. The molecule has 1 fully saturated rings. The van der Waals surface area contributed by atoms with Crippen molar-refractivity contribution >= 4 is 13.1 Å². The molecule has 1 unspecified atom stereocenters. The predicted molar refractivity (Wildman–Crippen MR) is 44.7 cm³/mol. The molecule has 1 atom stereocenters. The van der Waals surface area contributed by atoms with Crippen molar-refractivity contribution in [1.29, 1.82) is 0 Å². The van der Waals surface area contributed by atoms with Gasteiger partial charge in [-0.3, -0.25) is 4.99 Å². The summed E-state index contributed by atoms with van der Waals surface area (Å²) in [6, 6.07) is 0. The quantitative estimate of drug-likeness (QED) is 0.478. The number of rotatable bonds is 0. The molecule has 2 aliphatic rings. The summed E-state index contributed by atoms with van der Waals surface area (Å²) in [4.78, 5) is 4.32. The standard InChI is InChI=1S/C7H11BN2/c1-5-8-6-3-2-4-9-7(6)10-5/h6,8H,1-4H2,(H,9,10). The Labute approximate surface area is 61.7 Å². The summed E-state index contributed by atoms with van der Waals surface area (Å²) in [5, 5.41) is 3.30.